The second-order valence-electron chi connectivity index (χ2n) is 12.2. The molecule has 3 aromatic rings. The average molecular weight is 597 g/mol. The minimum absolute atomic E-state index is 0.114. The third-order valence-electron chi connectivity index (χ3n) is 8.07. The van der Waals surface area contributed by atoms with Gasteiger partial charge in [-0.15, -0.1) is 11.3 Å². The molecule has 1 fully saturated rings. The number of aliphatic hydroxyl groups is 1. The van der Waals surface area contributed by atoms with Crippen LogP contribution in [0.25, 0.3) is 10.6 Å². The van der Waals surface area contributed by atoms with Gasteiger partial charge in [0.25, 0.3) is 0 Å². The number of fused-ring (bicyclic) bond motifs is 1. The number of hydrogen-bond acceptors (Lipinski definition) is 8. The van der Waals surface area contributed by atoms with Crippen LogP contribution in [-0.4, -0.2) is 64.7 Å². The van der Waals surface area contributed by atoms with Crippen LogP contribution in [0.2, 0.25) is 0 Å². The largest absolute Gasteiger partial charge is 0.471 e. The van der Waals surface area contributed by atoms with Crippen molar-refractivity contribution in [2.24, 2.45) is 0 Å². The molecule has 10 heteroatoms. The lowest BCUT2D eigenvalue weighted by molar-refractivity contribution is -0.123. The molecule has 1 saturated carbocycles. The van der Waals surface area contributed by atoms with Gasteiger partial charge >= 0.3 is 0 Å². The van der Waals surface area contributed by atoms with E-state index in [1.807, 2.05) is 29.6 Å². The van der Waals surface area contributed by atoms with E-state index in [9.17, 15) is 14.3 Å². The molecule has 226 valence electrons. The molecule has 1 spiro atoms. The summed E-state index contributed by atoms with van der Waals surface area (Å²) >= 11 is 1.57. The summed E-state index contributed by atoms with van der Waals surface area (Å²) in [5.74, 6) is 0.404. The first-order chi connectivity index (χ1) is 20.1. The molecule has 1 amide bonds. The first-order valence-corrected chi connectivity index (χ1v) is 15.6. The van der Waals surface area contributed by atoms with Crippen LogP contribution in [-0.2, 0) is 22.4 Å². The Balaban J connectivity index is 1.33. The van der Waals surface area contributed by atoms with Crippen LogP contribution < -0.4 is 15.4 Å². The number of nitrogens with zero attached hydrogens (tertiary/aromatic N) is 2. The molecule has 2 aromatic heterocycles. The van der Waals surface area contributed by atoms with E-state index >= 15 is 0 Å². The second-order valence-corrected chi connectivity index (χ2v) is 13.1. The lowest BCUT2D eigenvalue weighted by atomic mass is 9.73. The van der Waals surface area contributed by atoms with Gasteiger partial charge in [-0.1, -0.05) is 18.2 Å². The highest BCUT2D eigenvalue weighted by Crippen LogP contribution is 2.48. The van der Waals surface area contributed by atoms with Gasteiger partial charge in [-0.25, -0.2) is 14.4 Å². The molecule has 5 rings (SSSR count). The van der Waals surface area contributed by atoms with Crippen molar-refractivity contribution in [3.63, 3.8) is 0 Å². The molecule has 42 heavy (non-hydrogen) atoms. The van der Waals surface area contributed by atoms with Gasteiger partial charge in [0.1, 0.15) is 16.3 Å². The molecule has 1 aromatic carbocycles. The number of methoxy groups -OCH3 is 1. The van der Waals surface area contributed by atoms with Crippen LogP contribution in [0, 0.1) is 0 Å². The minimum atomic E-state index is -1.36. The van der Waals surface area contributed by atoms with E-state index in [0.29, 0.717) is 18.9 Å². The van der Waals surface area contributed by atoms with Gasteiger partial charge in [0.15, 0.2) is 0 Å². The monoisotopic (exact) mass is 596 g/mol. The third-order valence-corrected chi connectivity index (χ3v) is 8.89. The predicted octanol–water partition coefficient (Wildman–Crippen LogP) is 4.96. The van der Waals surface area contributed by atoms with E-state index < -0.39 is 17.8 Å². The lowest BCUT2D eigenvalue weighted by Crippen LogP contribution is -2.52. The maximum atomic E-state index is 14.4. The van der Waals surface area contributed by atoms with Crippen LogP contribution in [0.1, 0.15) is 68.7 Å². The lowest BCUT2D eigenvalue weighted by Gasteiger charge is -2.47. The van der Waals surface area contributed by atoms with Gasteiger partial charge in [-0.3, -0.25) is 4.79 Å². The molecular formula is C32H41FN4O4S. The molecule has 0 unspecified atom stereocenters. The molecule has 0 radical (unpaired) electrons. The number of aromatic nitrogens is 2. The molecule has 3 N–H and O–H groups in total. The van der Waals surface area contributed by atoms with Gasteiger partial charge in [0, 0.05) is 67.9 Å². The van der Waals surface area contributed by atoms with Crippen LogP contribution >= 0.6 is 11.3 Å². The van der Waals surface area contributed by atoms with E-state index in [4.69, 9.17) is 9.47 Å². The van der Waals surface area contributed by atoms with E-state index in [2.05, 4.69) is 26.7 Å². The molecule has 1 aliphatic carbocycles. The summed E-state index contributed by atoms with van der Waals surface area (Å²) in [5.41, 5.74) is 2.08. The number of ether oxygens (including phenoxy) is 2. The average Bonchev–Trinajstić information content (AvgIpc) is 3.48. The zero-order chi connectivity index (χ0) is 29.7. The smallest absolute Gasteiger partial charge is 0.222 e. The summed E-state index contributed by atoms with van der Waals surface area (Å²) in [4.78, 5) is 21.7. The first-order valence-electron chi connectivity index (χ1n) is 14.7. The van der Waals surface area contributed by atoms with Gasteiger partial charge in [0.2, 0.25) is 11.8 Å². The van der Waals surface area contributed by atoms with E-state index in [0.717, 1.165) is 52.9 Å². The molecule has 1 aliphatic heterocycles. The summed E-state index contributed by atoms with van der Waals surface area (Å²) < 4.78 is 25.9. The van der Waals surface area contributed by atoms with Crippen molar-refractivity contribution in [2.45, 2.75) is 88.3 Å². The second kappa shape index (κ2) is 13.2. The van der Waals surface area contributed by atoms with Crippen LogP contribution in [0.15, 0.2) is 48.1 Å². The minimum Gasteiger partial charge on any atom is -0.471 e. The zero-order valence-electron chi connectivity index (χ0n) is 24.6. The first kappa shape index (κ1) is 30.5. The number of hydrogen-bond donors (Lipinski definition) is 3. The highest BCUT2D eigenvalue weighted by atomic mass is 32.1. The predicted molar refractivity (Wildman–Crippen MR) is 161 cm³/mol. The van der Waals surface area contributed by atoms with Crippen molar-refractivity contribution in [1.82, 2.24) is 20.6 Å². The van der Waals surface area contributed by atoms with E-state index in [1.54, 1.807) is 44.7 Å². The standard InChI is InChI=1S/C32H41FN4O4S/c1-31(2,33)17-22-15-24-26(18-32(9-5-10-32)41-29(24)36-19-22)35-20-27(38)25(37-28(39)8-12-40-3)16-21-6-4-7-23(14-21)30-34-11-13-42-30/h4,6-7,11,13-15,19,25-27,35,38H,5,8-10,12,16-18,20H2,1-3H3,(H,37,39)/t25-,26-,27+/m0/s1. The SMILES string of the molecule is COCCC(=O)N[C@@H](Cc1cccc(-c2nccs2)c1)[C@H](O)CN[C@H]1CC2(CCC2)Oc2ncc(CC(C)(C)F)cc21. The van der Waals surface area contributed by atoms with Crippen LogP contribution in [0.4, 0.5) is 4.39 Å². The number of halogens is 1. The number of alkyl halides is 1. The normalized spacial score (nSPS) is 18.9. The Hall–Kier alpha value is -2.92. The molecule has 2 aliphatic rings. The number of benzene rings is 1. The Morgan fingerprint density at radius 1 is 1.29 bits per heavy atom. The number of nitrogens with one attached hydrogen (secondary N) is 2. The number of aliphatic hydroxyl groups excluding tert-OH is 1. The van der Waals surface area contributed by atoms with Crippen molar-refractivity contribution >= 4 is 17.2 Å². The highest BCUT2D eigenvalue weighted by Gasteiger charge is 2.46. The Kier molecular flexibility index (Phi) is 9.57. The number of pyridine rings is 1. The number of amides is 1. The van der Waals surface area contributed by atoms with Crippen molar-refractivity contribution in [2.75, 3.05) is 20.3 Å². The fourth-order valence-electron chi connectivity index (χ4n) is 5.83. The summed E-state index contributed by atoms with van der Waals surface area (Å²) in [6.45, 7) is 3.68. The van der Waals surface area contributed by atoms with Gasteiger partial charge in [-0.05, 0) is 62.8 Å². The molecule has 0 saturated heterocycles. The Morgan fingerprint density at radius 3 is 2.81 bits per heavy atom. The maximum absolute atomic E-state index is 14.4. The van der Waals surface area contributed by atoms with Crippen molar-refractivity contribution in [1.29, 1.82) is 0 Å². The molecular weight excluding hydrogens is 555 g/mol. The highest BCUT2D eigenvalue weighted by molar-refractivity contribution is 7.13. The molecule has 3 heterocycles. The van der Waals surface area contributed by atoms with E-state index in [1.165, 1.54) is 0 Å². The summed E-state index contributed by atoms with van der Waals surface area (Å²) in [7, 11) is 1.56. The third kappa shape index (κ3) is 7.72. The van der Waals surface area contributed by atoms with Gasteiger partial charge < -0.3 is 25.2 Å². The summed E-state index contributed by atoms with van der Waals surface area (Å²) in [6.07, 6.45) is 7.30. The number of rotatable bonds is 13. The van der Waals surface area contributed by atoms with Crippen molar-refractivity contribution in [3.05, 3.63) is 64.8 Å². The number of carbonyl (C=O) groups excluding carboxylic acids is 1. The topological polar surface area (TPSA) is 106 Å². The van der Waals surface area contributed by atoms with Crippen LogP contribution in [0.5, 0.6) is 5.88 Å². The van der Waals surface area contributed by atoms with Crippen LogP contribution in [0.3, 0.4) is 0 Å². The Bertz CT molecular complexity index is 1340. The van der Waals surface area contributed by atoms with Gasteiger partial charge in [-0.2, -0.15) is 0 Å². The zero-order valence-corrected chi connectivity index (χ0v) is 25.4. The van der Waals surface area contributed by atoms with Gasteiger partial charge in [0.05, 0.1) is 18.8 Å². The maximum Gasteiger partial charge on any atom is 0.222 e. The molecule has 0 bridgehead atoms. The number of carbonyl (C=O) groups is 1. The van der Waals surface area contributed by atoms with E-state index in [-0.39, 0.29) is 36.9 Å². The van der Waals surface area contributed by atoms with Crippen molar-refractivity contribution < 1.29 is 23.8 Å². The summed E-state index contributed by atoms with van der Waals surface area (Å²) in [5, 5.41) is 20.9. The summed E-state index contributed by atoms with van der Waals surface area (Å²) in [6, 6.07) is 9.38. The number of thiazole rings is 1. The molecule has 8 nitrogen and oxygen atoms in total. The van der Waals surface area contributed by atoms with Crippen molar-refractivity contribution in [3.8, 4) is 16.5 Å². The fourth-order valence-corrected chi connectivity index (χ4v) is 6.47. The quantitative estimate of drug-likeness (QED) is 0.256. The Morgan fingerprint density at radius 2 is 2.12 bits per heavy atom. The molecule has 3 atom stereocenters. The Labute approximate surface area is 251 Å². The fraction of sp³-hybridized carbons (Fsp3) is 0.531.